The van der Waals surface area contributed by atoms with Gasteiger partial charge in [0.1, 0.15) is 6.54 Å². The van der Waals surface area contributed by atoms with Crippen LogP contribution in [-0.2, 0) is 11.3 Å². The van der Waals surface area contributed by atoms with E-state index in [9.17, 15) is 9.59 Å². The van der Waals surface area contributed by atoms with Crippen molar-refractivity contribution in [2.45, 2.75) is 58.5 Å². The van der Waals surface area contributed by atoms with Gasteiger partial charge in [0.2, 0.25) is 5.91 Å². The smallest absolute Gasteiger partial charge is 0.352 e. The fourth-order valence-corrected chi connectivity index (χ4v) is 3.72. The van der Waals surface area contributed by atoms with Gasteiger partial charge >= 0.3 is 5.69 Å². The van der Waals surface area contributed by atoms with Crippen molar-refractivity contribution in [3.8, 4) is 11.3 Å². The number of carbonyl (C=O) groups is 1. The number of nitrogens with one attached hydrogen (secondary N) is 1. The molecule has 1 saturated carbocycles. The van der Waals surface area contributed by atoms with E-state index in [2.05, 4.69) is 28.5 Å². The van der Waals surface area contributed by atoms with Gasteiger partial charge in [0.05, 0.1) is 5.69 Å². The molecule has 1 aromatic carbocycles. The van der Waals surface area contributed by atoms with Crippen molar-refractivity contribution in [1.82, 2.24) is 24.7 Å². The molecule has 0 spiro atoms. The lowest BCUT2D eigenvalue weighted by atomic mass is 9.95. The number of benzene rings is 1. The van der Waals surface area contributed by atoms with E-state index >= 15 is 0 Å². The van der Waals surface area contributed by atoms with Crippen molar-refractivity contribution in [2.75, 3.05) is 0 Å². The maximum atomic E-state index is 12.7. The van der Waals surface area contributed by atoms with Crippen molar-refractivity contribution in [3.63, 3.8) is 0 Å². The summed E-state index contributed by atoms with van der Waals surface area (Å²) in [6.07, 6.45) is 5.53. The maximum absolute atomic E-state index is 12.7. The zero-order chi connectivity index (χ0) is 19.7. The van der Waals surface area contributed by atoms with Crippen LogP contribution in [0.5, 0.6) is 0 Å². The lowest BCUT2D eigenvalue weighted by molar-refractivity contribution is -0.122. The summed E-state index contributed by atoms with van der Waals surface area (Å²) in [6.45, 7) is 4.02. The van der Waals surface area contributed by atoms with Crippen LogP contribution in [0.4, 0.5) is 0 Å². The van der Waals surface area contributed by atoms with Gasteiger partial charge in [-0.3, -0.25) is 4.79 Å². The second-order valence-corrected chi connectivity index (χ2v) is 7.63. The Balaban J connectivity index is 1.57. The van der Waals surface area contributed by atoms with Gasteiger partial charge in [0, 0.05) is 11.6 Å². The van der Waals surface area contributed by atoms with Crippen molar-refractivity contribution in [3.05, 3.63) is 51.9 Å². The van der Waals surface area contributed by atoms with Crippen LogP contribution in [0.15, 0.2) is 35.1 Å². The molecule has 2 heterocycles. The third kappa shape index (κ3) is 3.69. The Morgan fingerprint density at radius 2 is 1.86 bits per heavy atom. The predicted molar refractivity (Wildman–Crippen MR) is 107 cm³/mol. The number of hydrogen-bond acceptors (Lipinski definition) is 4. The largest absolute Gasteiger partial charge is 0.367 e. The number of carbonyl (C=O) groups excluding carboxylic acids is 1. The first kappa shape index (κ1) is 18.4. The van der Waals surface area contributed by atoms with Crippen LogP contribution in [0.2, 0.25) is 0 Å². The summed E-state index contributed by atoms with van der Waals surface area (Å²) in [7, 11) is 0. The molecule has 0 saturated heterocycles. The average Bonchev–Trinajstić information content (AvgIpc) is 2.99. The van der Waals surface area contributed by atoms with E-state index in [4.69, 9.17) is 0 Å². The lowest BCUT2D eigenvalue weighted by Gasteiger charge is -2.22. The zero-order valence-corrected chi connectivity index (χ0v) is 16.3. The van der Waals surface area contributed by atoms with E-state index in [0.717, 1.165) is 31.2 Å². The fourth-order valence-electron chi connectivity index (χ4n) is 3.72. The fraction of sp³-hybridized carbons (Fsp3) is 0.429. The number of nitrogens with zero attached hydrogens (tertiary/aromatic N) is 4. The topological polar surface area (TPSA) is 81.3 Å². The summed E-state index contributed by atoms with van der Waals surface area (Å²) in [5.74, 6) is -0.174. The minimum Gasteiger partial charge on any atom is -0.352 e. The number of hydrogen-bond donors (Lipinski definition) is 1. The van der Waals surface area contributed by atoms with E-state index in [1.54, 1.807) is 6.07 Å². The first-order chi connectivity index (χ1) is 13.5. The summed E-state index contributed by atoms with van der Waals surface area (Å²) in [5, 5.41) is 11.7. The Hall–Kier alpha value is -2.96. The van der Waals surface area contributed by atoms with Gasteiger partial charge in [0.25, 0.3) is 0 Å². The van der Waals surface area contributed by atoms with Gasteiger partial charge < -0.3 is 5.32 Å². The van der Waals surface area contributed by atoms with E-state index in [1.165, 1.54) is 26.7 Å². The molecule has 1 amide bonds. The van der Waals surface area contributed by atoms with Crippen LogP contribution in [0, 0.1) is 13.8 Å². The Bertz CT molecular complexity index is 1080. The van der Waals surface area contributed by atoms with Gasteiger partial charge in [0.15, 0.2) is 5.65 Å². The van der Waals surface area contributed by atoms with Gasteiger partial charge in [-0.05, 0) is 56.0 Å². The predicted octanol–water partition coefficient (Wildman–Crippen LogP) is 2.62. The molecule has 0 atom stereocenters. The highest BCUT2D eigenvalue weighted by Gasteiger charge is 2.18. The van der Waals surface area contributed by atoms with Crippen LogP contribution in [0.25, 0.3) is 16.9 Å². The lowest BCUT2D eigenvalue weighted by Crippen LogP contribution is -2.40. The quantitative estimate of drug-likeness (QED) is 0.756. The molecule has 1 fully saturated rings. The molecule has 0 unspecified atom stereocenters. The third-order valence-corrected chi connectivity index (χ3v) is 5.51. The first-order valence-corrected chi connectivity index (χ1v) is 9.85. The maximum Gasteiger partial charge on any atom is 0.367 e. The summed E-state index contributed by atoms with van der Waals surface area (Å²) >= 11 is 0. The summed E-state index contributed by atoms with van der Waals surface area (Å²) in [4.78, 5) is 25.0. The minimum atomic E-state index is -0.403. The highest BCUT2D eigenvalue weighted by Crippen LogP contribution is 2.20. The Morgan fingerprint density at radius 3 is 2.61 bits per heavy atom. The molecule has 146 valence electrons. The van der Waals surface area contributed by atoms with Crippen LogP contribution >= 0.6 is 0 Å². The Kier molecular flexibility index (Phi) is 4.98. The molecule has 1 aliphatic rings. The highest BCUT2D eigenvalue weighted by molar-refractivity contribution is 5.76. The van der Waals surface area contributed by atoms with E-state index in [1.807, 2.05) is 25.1 Å². The molecular weight excluding hydrogens is 354 g/mol. The van der Waals surface area contributed by atoms with Crippen molar-refractivity contribution >= 4 is 11.6 Å². The molecule has 2 aromatic heterocycles. The van der Waals surface area contributed by atoms with Crippen molar-refractivity contribution in [1.29, 1.82) is 0 Å². The molecule has 3 aromatic rings. The number of aryl methyl sites for hydroxylation is 2. The molecule has 0 radical (unpaired) electrons. The van der Waals surface area contributed by atoms with Gasteiger partial charge in [-0.25, -0.2) is 9.48 Å². The van der Waals surface area contributed by atoms with E-state index < -0.39 is 5.69 Å². The second kappa shape index (κ2) is 7.58. The molecule has 7 heteroatoms. The SMILES string of the molecule is Cc1ccc(-c2ccc3nn(CC(=O)NC4CCCCC4)c(=O)n3n2)cc1C. The Labute approximate surface area is 163 Å². The summed E-state index contributed by atoms with van der Waals surface area (Å²) < 4.78 is 2.45. The molecule has 1 aliphatic carbocycles. The second-order valence-electron chi connectivity index (χ2n) is 7.63. The van der Waals surface area contributed by atoms with Crippen LogP contribution in [0.1, 0.15) is 43.2 Å². The van der Waals surface area contributed by atoms with Gasteiger partial charge in [-0.1, -0.05) is 31.4 Å². The van der Waals surface area contributed by atoms with Gasteiger partial charge in [-0.2, -0.15) is 9.61 Å². The third-order valence-electron chi connectivity index (χ3n) is 5.51. The average molecular weight is 379 g/mol. The monoisotopic (exact) mass is 379 g/mol. The minimum absolute atomic E-state index is 0.0856. The number of aromatic nitrogens is 4. The Morgan fingerprint density at radius 1 is 1.07 bits per heavy atom. The first-order valence-electron chi connectivity index (χ1n) is 9.85. The summed E-state index contributed by atoms with van der Waals surface area (Å²) in [5.41, 5.74) is 4.05. The number of amides is 1. The van der Waals surface area contributed by atoms with Crippen LogP contribution in [0.3, 0.4) is 0 Å². The van der Waals surface area contributed by atoms with Gasteiger partial charge in [-0.15, -0.1) is 5.10 Å². The van der Waals surface area contributed by atoms with Crippen LogP contribution in [-0.4, -0.2) is 31.3 Å². The molecule has 1 N–H and O–H groups in total. The number of fused-ring (bicyclic) bond motifs is 1. The van der Waals surface area contributed by atoms with E-state index in [-0.39, 0.29) is 18.5 Å². The number of rotatable bonds is 4. The summed E-state index contributed by atoms with van der Waals surface area (Å²) in [6, 6.07) is 9.90. The molecule has 4 rings (SSSR count). The normalized spacial score (nSPS) is 15.1. The molecule has 0 aliphatic heterocycles. The molecule has 28 heavy (non-hydrogen) atoms. The van der Waals surface area contributed by atoms with Crippen molar-refractivity contribution < 1.29 is 4.79 Å². The molecular formula is C21H25N5O2. The zero-order valence-electron chi connectivity index (χ0n) is 16.3. The van der Waals surface area contributed by atoms with Crippen LogP contribution < -0.4 is 11.0 Å². The van der Waals surface area contributed by atoms with E-state index in [0.29, 0.717) is 11.3 Å². The standard InChI is InChI=1S/C21H25N5O2/c1-14-8-9-16(12-15(14)2)18-10-11-19-24-25(21(28)26(19)23-18)13-20(27)22-17-6-4-3-5-7-17/h8-12,17H,3-7,13H2,1-2H3,(H,22,27). The molecule has 0 bridgehead atoms. The molecule has 7 nitrogen and oxygen atoms in total. The van der Waals surface area contributed by atoms with Crippen molar-refractivity contribution in [2.24, 2.45) is 0 Å². The highest BCUT2D eigenvalue weighted by atomic mass is 16.2.